The van der Waals surface area contributed by atoms with Crippen LogP contribution in [0.15, 0.2) is 18.2 Å². The van der Waals surface area contributed by atoms with E-state index in [9.17, 15) is 9.59 Å². The largest absolute Gasteiger partial charge is 0.379 e. The molecule has 1 aromatic rings. The second-order valence-corrected chi connectivity index (χ2v) is 5.88. The van der Waals surface area contributed by atoms with E-state index in [1.165, 1.54) is 4.90 Å². The van der Waals surface area contributed by atoms with Gasteiger partial charge in [-0.1, -0.05) is 6.92 Å². The summed E-state index contributed by atoms with van der Waals surface area (Å²) in [4.78, 5) is 27.2. The fraction of sp³-hybridized carbons (Fsp3) is 0.500. The molecular weight excluding hydrogens is 268 g/mol. The minimum Gasteiger partial charge on any atom is -0.379 e. The predicted octanol–water partition coefficient (Wildman–Crippen LogP) is 1.71. The summed E-state index contributed by atoms with van der Waals surface area (Å²) in [6, 6.07) is 5.61. The lowest BCUT2D eigenvalue weighted by Crippen LogP contribution is -2.43. The number of ketones is 1. The number of amides is 1. The minimum atomic E-state index is -0.454. The summed E-state index contributed by atoms with van der Waals surface area (Å²) >= 11 is 0. The molecule has 0 radical (unpaired) electrons. The van der Waals surface area contributed by atoms with Crippen LogP contribution in [0.25, 0.3) is 0 Å². The van der Waals surface area contributed by atoms with E-state index in [2.05, 4.69) is 11.8 Å². The number of carbonyl (C=O) groups is 2. The van der Waals surface area contributed by atoms with Crippen molar-refractivity contribution in [3.8, 4) is 0 Å². The number of nitrogens with zero attached hydrogens (tertiary/aromatic N) is 2. The van der Waals surface area contributed by atoms with Crippen molar-refractivity contribution in [3.63, 3.8) is 0 Å². The zero-order valence-corrected chi connectivity index (χ0v) is 12.6. The molecule has 2 atom stereocenters. The third-order valence-electron chi connectivity index (χ3n) is 4.64. The average molecular weight is 288 g/mol. The van der Waals surface area contributed by atoms with E-state index in [0.717, 1.165) is 25.2 Å². The van der Waals surface area contributed by atoms with Crippen LogP contribution in [0.2, 0.25) is 0 Å². The third-order valence-corrected chi connectivity index (χ3v) is 4.64. The van der Waals surface area contributed by atoms with Crippen molar-refractivity contribution < 1.29 is 14.3 Å². The Kier molecular flexibility index (Phi) is 3.45. The molecule has 1 saturated heterocycles. The molecule has 1 aromatic carbocycles. The van der Waals surface area contributed by atoms with Gasteiger partial charge in [0.2, 0.25) is 0 Å². The molecule has 0 bridgehead atoms. The smallest absolute Gasteiger partial charge is 0.299 e. The monoisotopic (exact) mass is 288 g/mol. The van der Waals surface area contributed by atoms with Crippen LogP contribution in [0.1, 0.15) is 23.7 Å². The summed E-state index contributed by atoms with van der Waals surface area (Å²) in [7, 11) is 3.39. The van der Waals surface area contributed by atoms with Crippen molar-refractivity contribution in [3.05, 3.63) is 23.8 Å². The van der Waals surface area contributed by atoms with Crippen LogP contribution in [0.3, 0.4) is 0 Å². The van der Waals surface area contributed by atoms with Gasteiger partial charge in [-0.3, -0.25) is 9.59 Å². The number of rotatable bonds is 2. The van der Waals surface area contributed by atoms with E-state index >= 15 is 0 Å². The molecule has 21 heavy (non-hydrogen) atoms. The van der Waals surface area contributed by atoms with E-state index in [-0.39, 0.29) is 6.10 Å². The van der Waals surface area contributed by atoms with Crippen molar-refractivity contribution in [1.82, 2.24) is 0 Å². The fourth-order valence-electron chi connectivity index (χ4n) is 3.14. The normalized spacial score (nSPS) is 25.5. The van der Waals surface area contributed by atoms with Gasteiger partial charge in [-0.05, 0) is 30.5 Å². The van der Waals surface area contributed by atoms with Crippen molar-refractivity contribution in [2.45, 2.75) is 19.4 Å². The second kappa shape index (κ2) is 5.15. The number of benzene rings is 1. The summed E-state index contributed by atoms with van der Waals surface area (Å²) in [6.45, 7) is 4.01. The number of fused-ring (bicyclic) bond motifs is 1. The summed E-state index contributed by atoms with van der Waals surface area (Å²) in [5.41, 5.74) is 2.24. The molecule has 0 aromatic heterocycles. The molecule has 1 fully saturated rings. The quantitative estimate of drug-likeness (QED) is 0.777. The van der Waals surface area contributed by atoms with E-state index < -0.39 is 11.7 Å². The Labute approximate surface area is 124 Å². The van der Waals surface area contributed by atoms with Gasteiger partial charge < -0.3 is 14.5 Å². The predicted molar refractivity (Wildman–Crippen MR) is 81.0 cm³/mol. The molecule has 5 nitrogen and oxygen atoms in total. The first kappa shape index (κ1) is 14.1. The summed E-state index contributed by atoms with van der Waals surface area (Å²) in [5.74, 6) is -0.322. The topological polar surface area (TPSA) is 49.9 Å². The van der Waals surface area contributed by atoms with Crippen LogP contribution < -0.4 is 9.80 Å². The molecular formula is C16H20N2O3. The number of carbonyl (C=O) groups excluding carboxylic acids is 2. The van der Waals surface area contributed by atoms with Gasteiger partial charge in [-0.2, -0.15) is 0 Å². The fourth-order valence-corrected chi connectivity index (χ4v) is 3.14. The number of likely N-dealkylation sites (N-methyl/N-ethyl adjacent to an activating group) is 1. The second-order valence-electron chi connectivity index (χ2n) is 5.88. The highest BCUT2D eigenvalue weighted by Gasteiger charge is 2.34. The van der Waals surface area contributed by atoms with Crippen molar-refractivity contribution in [2.24, 2.45) is 5.92 Å². The maximum absolute atomic E-state index is 11.8. The highest BCUT2D eigenvalue weighted by Crippen LogP contribution is 2.33. The molecule has 5 heteroatoms. The van der Waals surface area contributed by atoms with E-state index in [4.69, 9.17) is 4.74 Å². The van der Waals surface area contributed by atoms with Crippen molar-refractivity contribution >= 4 is 23.1 Å². The molecule has 0 spiro atoms. The Balaban J connectivity index is 1.89. The van der Waals surface area contributed by atoms with E-state index in [0.29, 0.717) is 17.2 Å². The Morgan fingerprint density at radius 1 is 1.29 bits per heavy atom. The van der Waals surface area contributed by atoms with Gasteiger partial charge in [0, 0.05) is 32.9 Å². The highest BCUT2D eigenvalue weighted by atomic mass is 16.5. The minimum absolute atomic E-state index is 0.216. The van der Waals surface area contributed by atoms with Crippen LogP contribution >= 0.6 is 0 Å². The molecule has 2 aliphatic heterocycles. The number of piperidine rings is 1. The molecule has 0 N–H and O–H groups in total. The number of hydrogen-bond donors (Lipinski definition) is 0. The van der Waals surface area contributed by atoms with Gasteiger partial charge in [-0.15, -0.1) is 0 Å². The maximum Gasteiger partial charge on any atom is 0.299 e. The number of anilines is 2. The Hall–Kier alpha value is -1.88. The molecule has 1 amide bonds. The first-order valence-corrected chi connectivity index (χ1v) is 7.27. The molecule has 0 saturated carbocycles. The Morgan fingerprint density at radius 3 is 2.76 bits per heavy atom. The number of hydrogen-bond acceptors (Lipinski definition) is 4. The lowest BCUT2D eigenvalue weighted by atomic mass is 9.95. The number of ether oxygens (including phenoxy) is 1. The number of methoxy groups -OCH3 is 1. The van der Waals surface area contributed by atoms with Gasteiger partial charge in [-0.25, -0.2) is 0 Å². The summed E-state index contributed by atoms with van der Waals surface area (Å²) in [5, 5.41) is 0. The molecule has 2 aliphatic rings. The molecule has 0 aliphatic carbocycles. The molecule has 3 rings (SSSR count). The maximum atomic E-state index is 11.8. The summed E-state index contributed by atoms with van der Waals surface area (Å²) < 4.78 is 5.54. The van der Waals surface area contributed by atoms with Crippen LogP contribution in [-0.4, -0.2) is 45.0 Å². The molecule has 2 heterocycles. The average Bonchev–Trinajstić information content (AvgIpc) is 2.72. The first-order valence-electron chi connectivity index (χ1n) is 7.27. The van der Waals surface area contributed by atoms with Crippen LogP contribution in [0, 0.1) is 5.92 Å². The van der Waals surface area contributed by atoms with Gasteiger partial charge in [0.15, 0.2) is 0 Å². The standard InChI is InChI=1S/C16H20N2O3/c1-10-6-7-18(9-14(10)21-3)11-4-5-12-13(8-11)17(2)16(20)15(12)19/h4-5,8,10,14H,6-7,9H2,1-3H3. The van der Waals surface area contributed by atoms with Crippen LogP contribution in [0.5, 0.6) is 0 Å². The van der Waals surface area contributed by atoms with Gasteiger partial charge >= 0.3 is 0 Å². The summed E-state index contributed by atoms with van der Waals surface area (Å²) in [6.07, 6.45) is 1.29. The lowest BCUT2D eigenvalue weighted by molar-refractivity contribution is -0.114. The third kappa shape index (κ3) is 2.21. The molecule has 2 unspecified atom stereocenters. The Bertz CT molecular complexity index is 599. The van der Waals surface area contributed by atoms with Gasteiger partial charge in [0.25, 0.3) is 11.7 Å². The van der Waals surface area contributed by atoms with E-state index in [1.807, 2.05) is 12.1 Å². The lowest BCUT2D eigenvalue weighted by Gasteiger charge is -2.37. The van der Waals surface area contributed by atoms with Crippen LogP contribution in [0.4, 0.5) is 11.4 Å². The zero-order valence-electron chi connectivity index (χ0n) is 12.6. The molecule has 112 valence electrons. The van der Waals surface area contributed by atoms with Crippen molar-refractivity contribution in [2.75, 3.05) is 37.0 Å². The SMILES string of the molecule is COC1CN(c2ccc3c(c2)N(C)C(=O)C3=O)CCC1C. The number of Topliss-reactive ketones (excluding diaryl/α,β-unsaturated/α-hetero) is 1. The van der Waals surface area contributed by atoms with Crippen molar-refractivity contribution in [1.29, 1.82) is 0 Å². The zero-order chi connectivity index (χ0) is 15.1. The van der Waals surface area contributed by atoms with Crippen LogP contribution in [-0.2, 0) is 9.53 Å². The van der Waals surface area contributed by atoms with Gasteiger partial charge in [0.1, 0.15) is 0 Å². The van der Waals surface area contributed by atoms with Gasteiger partial charge in [0.05, 0.1) is 17.4 Å². The first-order chi connectivity index (χ1) is 10.0. The van der Waals surface area contributed by atoms with E-state index in [1.54, 1.807) is 20.2 Å². The Morgan fingerprint density at radius 2 is 2.05 bits per heavy atom. The highest BCUT2D eigenvalue weighted by molar-refractivity contribution is 6.52.